The van der Waals surface area contributed by atoms with Crippen molar-refractivity contribution in [2.24, 2.45) is 0 Å². The van der Waals surface area contributed by atoms with Crippen molar-refractivity contribution in [1.82, 2.24) is 0 Å². The van der Waals surface area contributed by atoms with E-state index in [0.717, 1.165) is 6.42 Å². The highest BCUT2D eigenvalue weighted by molar-refractivity contribution is 9.09. The third kappa shape index (κ3) is 2.78. The molecular weight excluding hydrogens is 368 g/mol. The van der Waals surface area contributed by atoms with Crippen molar-refractivity contribution < 1.29 is 0 Å². The summed E-state index contributed by atoms with van der Waals surface area (Å²) in [4.78, 5) is 0.511. The molecule has 134 valence electrons. The second kappa shape index (κ2) is 5.59. The molecule has 0 aromatic heterocycles. The minimum absolute atomic E-state index is 0.292. The summed E-state index contributed by atoms with van der Waals surface area (Å²) in [5.41, 5.74) is 8.74. The Morgan fingerprint density at radius 1 is 0.880 bits per heavy atom. The summed E-state index contributed by atoms with van der Waals surface area (Å²) >= 11 is 3.72. The molecule has 0 aliphatic heterocycles. The van der Waals surface area contributed by atoms with Crippen molar-refractivity contribution >= 4 is 15.9 Å². The molecule has 1 atom stereocenters. The lowest BCUT2D eigenvalue weighted by atomic mass is 9.62. The summed E-state index contributed by atoms with van der Waals surface area (Å²) in [5, 5.41) is 0. The first-order valence-electron chi connectivity index (χ1n) is 9.85. The van der Waals surface area contributed by atoms with E-state index in [4.69, 9.17) is 0 Å². The highest BCUT2D eigenvalue weighted by atomic mass is 79.9. The smallest absolute Gasteiger partial charge is 0.0363 e. The number of alkyl halides is 1. The van der Waals surface area contributed by atoms with Crippen LogP contribution in [0.25, 0.3) is 0 Å². The fourth-order valence-electron chi connectivity index (χ4n) is 5.03. The van der Waals surface area contributed by atoms with Gasteiger partial charge >= 0.3 is 0 Å². The topological polar surface area (TPSA) is 0 Å². The van der Waals surface area contributed by atoms with Gasteiger partial charge in [-0.15, -0.1) is 0 Å². The molecule has 1 aromatic carbocycles. The number of aryl methyl sites for hydroxylation is 1. The number of fused-ring (bicyclic) bond motifs is 1. The second-order valence-electron chi connectivity index (χ2n) is 9.83. The standard InChI is InChI=1S/C24H31Br/c1-16-14-20-21(23(4,5)11-10-22(20,2)3)15-19(16)24(12-13-24)17-6-8-18(25)9-7-17/h6-8,14-15,18H,9-13H2,1-5H3. The summed E-state index contributed by atoms with van der Waals surface area (Å²) < 4.78 is 0. The summed E-state index contributed by atoms with van der Waals surface area (Å²) in [5.74, 6) is 0. The van der Waals surface area contributed by atoms with Gasteiger partial charge in [0, 0.05) is 10.2 Å². The molecule has 1 aromatic rings. The van der Waals surface area contributed by atoms with E-state index in [0.29, 0.717) is 21.1 Å². The molecule has 0 saturated heterocycles. The molecule has 0 spiro atoms. The zero-order valence-corrected chi connectivity index (χ0v) is 18.0. The lowest BCUT2D eigenvalue weighted by molar-refractivity contribution is 0.331. The van der Waals surface area contributed by atoms with E-state index in [1.807, 2.05) is 0 Å². The van der Waals surface area contributed by atoms with Crippen LogP contribution >= 0.6 is 15.9 Å². The first kappa shape index (κ1) is 17.6. The number of halogens is 1. The summed E-state index contributed by atoms with van der Waals surface area (Å²) in [6.45, 7) is 12.1. The molecule has 1 fully saturated rings. The highest BCUT2D eigenvalue weighted by Crippen LogP contribution is 2.58. The van der Waals surface area contributed by atoms with Gasteiger partial charge in [-0.2, -0.15) is 0 Å². The van der Waals surface area contributed by atoms with E-state index in [1.165, 1.54) is 31.2 Å². The molecule has 4 rings (SSSR count). The van der Waals surface area contributed by atoms with Gasteiger partial charge in [0.2, 0.25) is 0 Å². The average Bonchev–Trinajstić information content (AvgIpc) is 3.34. The predicted molar refractivity (Wildman–Crippen MR) is 112 cm³/mol. The molecule has 0 heterocycles. The van der Waals surface area contributed by atoms with Crippen molar-refractivity contribution in [3.8, 4) is 0 Å². The van der Waals surface area contributed by atoms with Gasteiger partial charge in [-0.25, -0.2) is 0 Å². The Bertz CT molecular complexity index is 772. The fraction of sp³-hybridized carbons (Fsp3) is 0.583. The van der Waals surface area contributed by atoms with Crippen LogP contribution < -0.4 is 0 Å². The molecular formula is C24H31Br. The minimum Gasteiger partial charge on any atom is -0.0842 e. The number of hydrogen-bond donors (Lipinski definition) is 0. The van der Waals surface area contributed by atoms with Crippen LogP contribution in [0.3, 0.4) is 0 Å². The van der Waals surface area contributed by atoms with Crippen molar-refractivity contribution in [1.29, 1.82) is 0 Å². The highest BCUT2D eigenvalue weighted by Gasteiger charge is 2.49. The Balaban J connectivity index is 1.84. The van der Waals surface area contributed by atoms with Crippen LogP contribution in [0.15, 0.2) is 35.9 Å². The second-order valence-corrected chi connectivity index (χ2v) is 11.0. The Morgan fingerprint density at radius 2 is 1.48 bits per heavy atom. The third-order valence-electron chi connectivity index (χ3n) is 7.06. The molecule has 25 heavy (non-hydrogen) atoms. The average molecular weight is 399 g/mol. The van der Waals surface area contributed by atoms with E-state index in [2.05, 4.69) is 80.9 Å². The monoisotopic (exact) mass is 398 g/mol. The predicted octanol–water partition coefficient (Wildman–Crippen LogP) is 7.03. The van der Waals surface area contributed by atoms with Gasteiger partial charge in [0.25, 0.3) is 0 Å². The zero-order chi connectivity index (χ0) is 18.0. The maximum atomic E-state index is 3.72. The molecule has 0 N–H and O–H groups in total. The van der Waals surface area contributed by atoms with Crippen molar-refractivity contribution in [2.45, 2.75) is 87.8 Å². The van der Waals surface area contributed by atoms with E-state index in [1.54, 1.807) is 22.3 Å². The van der Waals surface area contributed by atoms with Crippen LogP contribution in [0.4, 0.5) is 0 Å². The molecule has 1 heteroatoms. The summed E-state index contributed by atoms with van der Waals surface area (Å²) in [6.07, 6.45) is 13.5. The van der Waals surface area contributed by atoms with Crippen molar-refractivity contribution in [2.75, 3.05) is 0 Å². The molecule has 3 aliphatic rings. The van der Waals surface area contributed by atoms with Crippen LogP contribution in [0.2, 0.25) is 0 Å². The fourth-order valence-corrected chi connectivity index (χ4v) is 5.36. The molecule has 0 bridgehead atoms. The quantitative estimate of drug-likeness (QED) is 0.469. The summed E-state index contributed by atoms with van der Waals surface area (Å²) in [7, 11) is 0. The lowest BCUT2D eigenvalue weighted by Gasteiger charge is -2.43. The number of rotatable bonds is 2. The van der Waals surface area contributed by atoms with Gasteiger partial charge in [-0.05, 0) is 77.7 Å². The minimum atomic E-state index is 0.292. The maximum Gasteiger partial charge on any atom is 0.0363 e. The van der Waals surface area contributed by atoms with Crippen LogP contribution in [0.5, 0.6) is 0 Å². The van der Waals surface area contributed by atoms with Gasteiger partial charge in [0.1, 0.15) is 0 Å². The normalized spacial score (nSPS) is 28.2. The number of benzene rings is 1. The van der Waals surface area contributed by atoms with Gasteiger partial charge < -0.3 is 0 Å². The van der Waals surface area contributed by atoms with E-state index >= 15 is 0 Å². The zero-order valence-electron chi connectivity index (χ0n) is 16.4. The van der Waals surface area contributed by atoms with Gasteiger partial charge in [0.05, 0.1) is 0 Å². The Labute approximate surface area is 161 Å². The van der Waals surface area contributed by atoms with Crippen LogP contribution in [0.1, 0.15) is 82.1 Å². The largest absolute Gasteiger partial charge is 0.0842 e. The molecule has 1 saturated carbocycles. The van der Waals surface area contributed by atoms with Crippen LogP contribution in [-0.2, 0) is 16.2 Å². The van der Waals surface area contributed by atoms with Crippen molar-refractivity contribution in [3.63, 3.8) is 0 Å². The van der Waals surface area contributed by atoms with Crippen molar-refractivity contribution in [3.05, 3.63) is 58.2 Å². The lowest BCUT2D eigenvalue weighted by Crippen LogP contribution is -2.34. The van der Waals surface area contributed by atoms with Gasteiger partial charge in [0.15, 0.2) is 0 Å². The Hall–Kier alpha value is -0.820. The van der Waals surface area contributed by atoms with Gasteiger partial charge in [-0.3, -0.25) is 0 Å². The summed E-state index contributed by atoms with van der Waals surface area (Å²) in [6, 6.07) is 5.14. The van der Waals surface area contributed by atoms with E-state index < -0.39 is 0 Å². The molecule has 0 amide bonds. The molecule has 0 radical (unpaired) electrons. The number of hydrogen-bond acceptors (Lipinski definition) is 0. The van der Waals surface area contributed by atoms with E-state index in [9.17, 15) is 0 Å². The Morgan fingerprint density at radius 3 is 2.00 bits per heavy atom. The molecule has 1 unspecified atom stereocenters. The first-order valence-corrected chi connectivity index (χ1v) is 10.8. The van der Waals surface area contributed by atoms with E-state index in [-0.39, 0.29) is 0 Å². The molecule has 0 nitrogen and oxygen atoms in total. The first-order chi connectivity index (χ1) is 11.7. The van der Waals surface area contributed by atoms with Crippen LogP contribution in [0, 0.1) is 6.92 Å². The SMILES string of the molecule is Cc1cc2c(cc1C1(C3=CCC(Br)C=C3)CC1)C(C)(C)CCC2(C)C. The van der Waals surface area contributed by atoms with Crippen LogP contribution in [-0.4, -0.2) is 4.83 Å². The Kier molecular flexibility index (Phi) is 3.93. The number of allylic oxidation sites excluding steroid dienone is 4. The third-order valence-corrected chi connectivity index (χ3v) is 7.74. The maximum absolute atomic E-state index is 3.72. The molecule has 3 aliphatic carbocycles. The van der Waals surface area contributed by atoms with Gasteiger partial charge in [-0.1, -0.05) is 74.0 Å².